The normalized spacial score (nSPS) is 12.2. The number of aromatic nitrogens is 2. The molecule has 0 bridgehead atoms. The Balaban J connectivity index is 1.95. The smallest absolute Gasteiger partial charge is 0.284 e. The number of carbonyl (C=O) groups is 1. The lowest BCUT2D eigenvalue weighted by atomic mass is 9.95. The summed E-state index contributed by atoms with van der Waals surface area (Å²) in [6.45, 7) is 2.00. The number of ketones is 1. The number of benzene rings is 3. The van der Waals surface area contributed by atoms with Gasteiger partial charge in [-0.1, -0.05) is 42.5 Å². The van der Waals surface area contributed by atoms with Gasteiger partial charge in [-0.15, -0.1) is 11.3 Å². The number of aryl methyl sites for hydroxylation is 2. The van der Waals surface area contributed by atoms with Crippen LogP contribution >= 0.6 is 11.3 Å². The van der Waals surface area contributed by atoms with E-state index in [1.54, 1.807) is 34.1 Å². The van der Waals surface area contributed by atoms with Crippen molar-refractivity contribution in [2.24, 2.45) is 7.05 Å². The molecule has 5 aromatic rings. The first kappa shape index (κ1) is 19.6. The Labute approximate surface area is 179 Å². The Morgan fingerprint density at radius 3 is 2.39 bits per heavy atom. The molecule has 2 aromatic heterocycles. The molecule has 7 heteroatoms. The molecule has 0 atom stereocenters. The zero-order valence-electron chi connectivity index (χ0n) is 16.6. The Morgan fingerprint density at radius 1 is 1.00 bits per heavy atom. The fourth-order valence-electron chi connectivity index (χ4n) is 4.10. The molecule has 0 aliphatic rings. The lowest BCUT2D eigenvalue weighted by molar-refractivity contribution is -0.662. The minimum Gasteiger partial charge on any atom is -0.284 e. The van der Waals surface area contributed by atoms with Gasteiger partial charge in [0, 0.05) is 4.70 Å². The number of fused-ring (bicyclic) bond motifs is 3. The van der Waals surface area contributed by atoms with Gasteiger partial charge in [0.15, 0.2) is 11.2 Å². The second-order valence-corrected chi connectivity index (χ2v) is 8.50. The number of hydrogen-bond donors (Lipinski definition) is 0. The largest absolute Gasteiger partial charge is 0.455 e. The van der Waals surface area contributed by atoms with Crippen LogP contribution in [0.4, 0.5) is 13.2 Å². The third-order valence-corrected chi connectivity index (χ3v) is 6.81. The number of thiophene rings is 1. The maximum absolute atomic E-state index is 13.5. The van der Waals surface area contributed by atoms with Gasteiger partial charge in [-0.05, 0) is 45.8 Å². The molecule has 0 aliphatic carbocycles. The maximum atomic E-state index is 13.5. The minimum absolute atomic E-state index is 0.0611. The summed E-state index contributed by atoms with van der Waals surface area (Å²) in [6.07, 6.45) is -3.52. The van der Waals surface area contributed by atoms with Gasteiger partial charge in [0.25, 0.3) is 12.1 Å². The summed E-state index contributed by atoms with van der Waals surface area (Å²) in [5.41, 5.74) is 1.44. The molecular formula is C24H16F3N2OS+. The van der Waals surface area contributed by atoms with E-state index in [1.807, 2.05) is 44.3 Å². The van der Waals surface area contributed by atoms with Crippen LogP contribution in [0.2, 0.25) is 0 Å². The number of carbonyl (C=O) groups excluding carboxylic acids is 1. The van der Waals surface area contributed by atoms with Gasteiger partial charge in [-0.2, -0.15) is 13.2 Å². The van der Waals surface area contributed by atoms with E-state index < -0.39 is 17.5 Å². The molecule has 3 nitrogen and oxygen atoms in total. The molecule has 0 spiro atoms. The van der Waals surface area contributed by atoms with Crippen molar-refractivity contribution < 1.29 is 22.5 Å². The van der Waals surface area contributed by atoms with Crippen LogP contribution in [0.5, 0.6) is 0 Å². The van der Waals surface area contributed by atoms with Crippen LogP contribution in [0, 0.1) is 6.92 Å². The zero-order chi connectivity index (χ0) is 21.9. The SMILES string of the molecule is Cc1c(-c2c3cc4ccccc4c(C(=O)C(F)(F)F)c3nc[n+]2C)sc2ccccc12. The Morgan fingerprint density at radius 2 is 1.68 bits per heavy atom. The first-order chi connectivity index (χ1) is 14.8. The summed E-state index contributed by atoms with van der Waals surface area (Å²) in [5, 5.41) is 2.43. The molecule has 0 N–H and O–H groups in total. The van der Waals surface area contributed by atoms with E-state index in [-0.39, 0.29) is 10.9 Å². The number of halogens is 3. The highest BCUT2D eigenvalue weighted by Crippen LogP contribution is 2.41. The maximum Gasteiger partial charge on any atom is 0.455 e. The number of alkyl halides is 3. The highest BCUT2D eigenvalue weighted by atomic mass is 32.1. The van der Waals surface area contributed by atoms with Crippen molar-refractivity contribution in [2.75, 3.05) is 0 Å². The van der Waals surface area contributed by atoms with Crippen LogP contribution in [-0.4, -0.2) is 16.9 Å². The Kier molecular flexibility index (Phi) is 4.34. The summed E-state index contributed by atoms with van der Waals surface area (Å²) < 4.78 is 43.4. The van der Waals surface area contributed by atoms with Crippen LogP contribution in [0.25, 0.3) is 42.3 Å². The van der Waals surface area contributed by atoms with E-state index in [2.05, 4.69) is 4.98 Å². The Hall–Kier alpha value is -3.32. The molecule has 0 radical (unpaired) electrons. The van der Waals surface area contributed by atoms with Crippen LogP contribution in [0.1, 0.15) is 15.9 Å². The zero-order valence-corrected chi connectivity index (χ0v) is 17.4. The lowest BCUT2D eigenvalue weighted by Gasteiger charge is -2.12. The molecule has 0 fully saturated rings. The van der Waals surface area contributed by atoms with Gasteiger partial charge in [-0.25, -0.2) is 4.57 Å². The van der Waals surface area contributed by atoms with Crippen molar-refractivity contribution in [3.63, 3.8) is 0 Å². The highest BCUT2D eigenvalue weighted by molar-refractivity contribution is 7.22. The van der Waals surface area contributed by atoms with Crippen molar-refractivity contribution in [3.05, 3.63) is 72.1 Å². The summed E-state index contributed by atoms with van der Waals surface area (Å²) in [4.78, 5) is 17.7. The minimum atomic E-state index is -5.00. The van der Waals surface area contributed by atoms with E-state index in [0.717, 1.165) is 26.2 Å². The van der Waals surface area contributed by atoms with Crippen LogP contribution in [-0.2, 0) is 7.05 Å². The van der Waals surface area contributed by atoms with Gasteiger partial charge in [0.1, 0.15) is 0 Å². The summed E-state index contributed by atoms with van der Waals surface area (Å²) in [6, 6.07) is 16.4. The molecule has 5 rings (SSSR count). The second-order valence-electron chi connectivity index (χ2n) is 7.45. The molecular weight excluding hydrogens is 421 g/mol. The Bertz CT molecular complexity index is 1520. The second kappa shape index (κ2) is 6.85. The van der Waals surface area contributed by atoms with E-state index in [0.29, 0.717) is 10.8 Å². The van der Waals surface area contributed by atoms with Gasteiger partial charge < -0.3 is 0 Å². The van der Waals surface area contributed by atoms with Gasteiger partial charge in [0.05, 0.1) is 22.9 Å². The van der Waals surface area contributed by atoms with Crippen molar-refractivity contribution >= 4 is 48.9 Å². The van der Waals surface area contributed by atoms with Crippen molar-refractivity contribution in [1.82, 2.24) is 4.98 Å². The number of Topliss-reactive ketones (excluding diaryl/α,β-unsaturated/α-hetero) is 1. The quantitative estimate of drug-likeness (QED) is 0.189. The molecule has 154 valence electrons. The van der Waals surface area contributed by atoms with Crippen molar-refractivity contribution in [2.45, 2.75) is 13.1 Å². The van der Waals surface area contributed by atoms with E-state index in [4.69, 9.17) is 0 Å². The van der Waals surface area contributed by atoms with Gasteiger partial charge >= 0.3 is 6.18 Å². The fraction of sp³-hybridized carbons (Fsp3) is 0.125. The molecule has 0 amide bonds. The van der Waals surface area contributed by atoms with Crippen molar-refractivity contribution in [1.29, 1.82) is 0 Å². The first-order valence-corrected chi connectivity index (χ1v) is 10.4. The fourth-order valence-corrected chi connectivity index (χ4v) is 5.41. The van der Waals surface area contributed by atoms with Crippen LogP contribution < -0.4 is 4.57 Å². The third-order valence-electron chi connectivity index (χ3n) is 5.53. The van der Waals surface area contributed by atoms with E-state index in [9.17, 15) is 18.0 Å². The molecule has 0 aliphatic heterocycles. The predicted molar refractivity (Wildman–Crippen MR) is 116 cm³/mol. The average molecular weight is 437 g/mol. The topological polar surface area (TPSA) is 33.8 Å². The average Bonchev–Trinajstić information content (AvgIpc) is 3.07. The molecule has 3 aromatic carbocycles. The standard InChI is InChI=1S/C24H16F3N2OS/c1-13-15-8-5-6-10-18(15)31-22(13)21-17-11-14-7-3-4-9-16(14)19(23(30)24(25,26)27)20(17)28-12-29(21)2/h3-12H,1-2H3/q+1. The summed E-state index contributed by atoms with van der Waals surface area (Å²) in [7, 11) is 1.81. The van der Waals surface area contributed by atoms with Crippen LogP contribution in [0.3, 0.4) is 0 Å². The first-order valence-electron chi connectivity index (χ1n) is 9.57. The monoisotopic (exact) mass is 437 g/mol. The third kappa shape index (κ3) is 2.99. The molecule has 2 heterocycles. The highest BCUT2D eigenvalue weighted by Gasteiger charge is 2.42. The van der Waals surface area contributed by atoms with Crippen LogP contribution in [0.15, 0.2) is 60.9 Å². The lowest BCUT2D eigenvalue weighted by Crippen LogP contribution is -2.32. The predicted octanol–water partition coefficient (Wildman–Crippen LogP) is 6.15. The number of hydrogen-bond acceptors (Lipinski definition) is 3. The van der Waals surface area contributed by atoms with Crippen molar-refractivity contribution in [3.8, 4) is 10.6 Å². The van der Waals surface area contributed by atoms with Gasteiger partial charge in [-0.3, -0.25) is 4.79 Å². The molecule has 0 unspecified atom stereocenters. The molecule has 0 saturated carbocycles. The number of nitrogens with zero attached hydrogens (tertiary/aromatic N) is 2. The summed E-state index contributed by atoms with van der Waals surface area (Å²) >= 11 is 1.58. The number of rotatable bonds is 2. The van der Waals surface area contributed by atoms with E-state index in [1.165, 1.54) is 12.4 Å². The molecule has 31 heavy (non-hydrogen) atoms. The summed E-state index contributed by atoms with van der Waals surface area (Å²) in [5.74, 6) is -1.88. The van der Waals surface area contributed by atoms with Gasteiger partial charge in [0.2, 0.25) is 0 Å². The van der Waals surface area contributed by atoms with E-state index >= 15 is 0 Å². The molecule has 0 saturated heterocycles.